The molecule has 7 nitrogen and oxygen atoms in total. The third-order valence-corrected chi connectivity index (χ3v) is 6.74. The van der Waals surface area contributed by atoms with E-state index in [0.717, 1.165) is 23.1 Å². The second kappa shape index (κ2) is 10.4. The summed E-state index contributed by atoms with van der Waals surface area (Å²) in [6.07, 6.45) is 2.20. The summed E-state index contributed by atoms with van der Waals surface area (Å²) in [6, 6.07) is 13.2. The van der Waals surface area contributed by atoms with E-state index in [9.17, 15) is 14.4 Å². The molecule has 1 amide bonds. The zero-order valence-electron chi connectivity index (χ0n) is 20.8. The minimum absolute atomic E-state index is 0.0673. The SMILES string of the molecule is CCOC(=O)c1cc(C)cc(C)c1NC(=O)C1([N+](C)(C)CC(=O)OCc2ccccc2)CCC1. The third kappa shape index (κ3) is 5.30. The first kappa shape index (κ1) is 25.4. The van der Waals surface area contributed by atoms with Gasteiger partial charge < -0.3 is 19.3 Å². The quantitative estimate of drug-likeness (QED) is 0.442. The monoisotopic (exact) mass is 467 g/mol. The Labute approximate surface area is 201 Å². The summed E-state index contributed by atoms with van der Waals surface area (Å²) in [5, 5.41) is 3.02. The molecule has 7 heteroatoms. The van der Waals surface area contributed by atoms with Crippen molar-refractivity contribution >= 4 is 23.5 Å². The van der Waals surface area contributed by atoms with Crippen LogP contribution in [0.5, 0.6) is 0 Å². The fourth-order valence-electron chi connectivity index (χ4n) is 4.61. The van der Waals surface area contributed by atoms with E-state index in [1.54, 1.807) is 13.0 Å². The Morgan fingerprint density at radius 2 is 1.71 bits per heavy atom. The van der Waals surface area contributed by atoms with Crippen LogP contribution in [0.4, 0.5) is 5.69 Å². The average molecular weight is 468 g/mol. The number of hydrogen-bond acceptors (Lipinski definition) is 5. The predicted octanol–water partition coefficient (Wildman–Crippen LogP) is 4.16. The molecule has 3 rings (SSSR count). The van der Waals surface area contributed by atoms with Gasteiger partial charge in [0.15, 0.2) is 12.1 Å². The van der Waals surface area contributed by atoms with E-state index >= 15 is 0 Å². The molecule has 2 aromatic rings. The lowest BCUT2D eigenvalue weighted by atomic mass is 9.73. The van der Waals surface area contributed by atoms with Gasteiger partial charge in [-0.25, -0.2) is 9.59 Å². The van der Waals surface area contributed by atoms with Crippen molar-refractivity contribution in [2.45, 2.75) is 52.2 Å². The summed E-state index contributed by atoms with van der Waals surface area (Å²) < 4.78 is 10.9. The molecule has 1 aliphatic rings. The van der Waals surface area contributed by atoms with Crippen molar-refractivity contribution in [3.8, 4) is 0 Å². The first-order valence-electron chi connectivity index (χ1n) is 11.7. The number of esters is 2. The van der Waals surface area contributed by atoms with Crippen molar-refractivity contribution in [1.82, 2.24) is 0 Å². The standard InChI is InChI=1S/C27H34N2O5/c1-6-33-25(31)22-16-19(2)15-20(3)24(22)28-26(32)27(13-10-14-27)29(4,5)17-23(30)34-18-21-11-8-7-9-12-21/h7-9,11-12,15-16H,6,10,13-14,17-18H2,1-5H3/p+1. The molecule has 0 aromatic heterocycles. The van der Waals surface area contributed by atoms with E-state index in [4.69, 9.17) is 9.47 Å². The Balaban J connectivity index is 1.77. The van der Waals surface area contributed by atoms with Gasteiger partial charge in [-0.1, -0.05) is 36.4 Å². The van der Waals surface area contributed by atoms with Gasteiger partial charge in [-0.2, -0.15) is 0 Å². The van der Waals surface area contributed by atoms with Crippen molar-refractivity contribution < 1.29 is 28.3 Å². The molecule has 182 valence electrons. The van der Waals surface area contributed by atoms with Crippen LogP contribution in [0, 0.1) is 13.8 Å². The smallest absolute Gasteiger partial charge is 0.362 e. The fourth-order valence-corrected chi connectivity index (χ4v) is 4.61. The molecule has 0 atom stereocenters. The van der Waals surface area contributed by atoms with Gasteiger partial charge in [-0.15, -0.1) is 0 Å². The predicted molar refractivity (Wildman–Crippen MR) is 130 cm³/mol. The number of benzene rings is 2. The van der Waals surface area contributed by atoms with Crippen molar-refractivity contribution in [1.29, 1.82) is 0 Å². The number of aryl methyl sites for hydroxylation is 2. The van der Waals surface area contributed by atoms with Crippen molar-refractivity contribution in [2.24, 2.45) is 0 Å². The normalized spacial score (nSPS) is 14.6. The van der Waals surface area contributed by atoms with Crippen LogP contribution in [0.1, 0.15) is 53.2 Å². The van der Waals surface area contributed by atoms with Crippen LogP contribution < -0.4 is 5.32 Å². The average Bonchev–Trinajstić information content (AvgIpc) is 2.73. The highest BCUT2D eigenvalue weighted by atomic mass is 16.5. The first-order valence-corrected chi connectivity index (χ1v) is 11.7. The van der Waals surface area contributed by atoms with Gasteiger partial charge in [0, 0.05) is 12.8 Å². The van der Waals surface area contributed by atoms with Crippen LogP contribution in [0.2, 0.25) is 0 Å². The Kier molecular flexibility index (Phi) is 7.77. The van der Waals surface area contributed by atoms with E-state index in [2.05, 4.69) is 5.32 Å². The maximum Gasteiger partial charge on any atom is 0.362 e. The Hall–Kier alpha value is -3.19. The van der Waals surface area contributed by atoms with Gasteiger partial charge in [-0.3, -0.25) is 4.79 Å². The summed E-state index contributed by atoms with van der Waals surface area (Å²) >= 11 is 0. The van der Waals surface area contributed by atoms with Crippen LogP contribution in [0.15, 0.2) is 42.5 Å². The van der Waals surface area contributed by atoms with Crippen LogP contribution >= 0.6 is 0 Å². The molecule has 0 bridgehead atoms. The van der Waals surface area contributed by atoms with Gasteiger partial charge in [0.05, 0.1) is 32.0 Å². The highest BCUT2D eigenvalue weighted by molar-refractivity contribution is 6.05. The van der Waals surface area contributed by atoms with E-state index in [-0.39, 0.29) is 36.1 Å². The number of hydrogen-bond donors (Lipinski definition) is 1. The van der Waals surface area contributed by atoms with Crippen LogP contribution in [-0.2, 0) is 25.7 Å². The van der Waals surface area contributed by atoms with Crippen molar-refractivity contribution in [3.05, 3.63) is 64.7 Å². The second-order valence-electron chi connectivity index (χ2n) is 9.55. The van der Waals surface area contributed by atoms with Crippen molar-refractivity contribution in [2.75, 3.05) is 32.6 Å². The molecule has 1 fully saturated rings. The lowest BCUT2D eigenvalue weighted by Gasteiger charge is -2.51. The number of amides is 1. The number of likely N-dealkylation sites (N-methyl/N-ethyl adjacent to an activating group) is 1. The van der Waals surface area contributed by atoms with E-state index in [0.29, 0.717) is 24.1 Å². The molecule has 0 aliphatic heterocycles. The zero-order valence-corrected chi connectivity index (χ0v) is 20.8. The summed E-state index contributed by atoms with van der Waals surface area (Å²) in [5.41, 5.74) is 2.64. The van der Waals surface area contributed by atoms with Crippen LogP contribution in [-0.4, -0.2) is 55.1 Å². The molecular formula is C27H35N2O5+. The number of carbonyl (C=O) groups is 3. The maximum absolute atomic E-state index is 13.7. The Bertz CT molecular complexity index is 1060. The van der Waals surface area contributed by atoms with E-state index in [1.165, 1.54) is 0 Å². The molecule has 0 spiro atoms. The second-order valence-corrected chi connectivity index (χ2v) is 9.55. The zero-order chi connectivity index (χ0) is 24.9. The molecule has 0 heterocycles. The summed E-state index contributed by atoms with van der Waals surface area (Å²) in [6.45, 7) is 6.02. The van der Waals surface area contributed by atoms with Gasteiger partial charge >= 0.3 is 11.9 Å². The van der Waals surface area contributed by atoms with Gasteiger partial charge in [0.1, 0.15) is 6.61 Å². The molecule has 0 unspecified atom stereocenters. The van der Waals surface area contributed by atoms with Gasteiger partial charge in [0.25, 0.3) is 5.91 Å². The summed E-state index contributed by atoms with van der Waals surface area (Å²) in [4.78, 5) is 38.9. The molecule has 1 aliphatic carbocycles. The molecule has 34 heavy (non-hydrogen) atoms. The molecule has 0 radical (unpaired) electrons. The summed E-state index contributed by atoms with van der Waals surface area (Å²) in [5.74, 6) is -1.02. The first-order chi connectivity index (χ1) is 16.1. The van der Waals surface area contributed by atoms with Gasteiger partial charge in [0.2, 0.25) is 0 Å². The number of nitrogens with one attached hydrogen (secondary N) is 1. The minimum atomic E-state index is -0.783. The minimum Gasteiger partial charge on any atom is -0.462 e. The number of rotatable bonds is 9. The van der Waals surface area contributed by atoms with Crippen LogP contribution in [0.25, 0.3) is 0 Å². The number of nitrogens with zero attached hydrogens (tertiary/aromatic N) is 1. The lowest BCUT2D eigenvalue weighted by Crippen LogP contribution is -2.70. The Morgan fingerprint density at radius 3 is 2.29 bits per heavy atom. The highest BCUT2D eigenvalue weighted by Crippen LogP contribution is 2.42. The van der Waals surface area contributed by atoms with Crippen molar-refractivity contribution in [3.63, 3.8) is 0 Å². The number of ether oxygens (including phenoxy) is 2. The summed E-state index contributed by atoms with van der Waals surface area (Å²) in [7, 11) is 3.77. The number of carbonyl (C=O) groups excluding carboxylic acids is 3. The Morgan fingerprint density at radius 1 is 1.03 bits per heavy atom. The third-order valence-electron chi connectivity index (χ3n) is 6.74. The molecule has 0 saturated heterocycles. The van der Waals surface area contributed by atoms with Crippen LogP contribution in [0.3, 0.4) is 0 Å². The largest absolute Gasteiger partial charge is 0.462 e. The van der Waals surface area contributed by atoms with Gasteiger partial charge in [-0.05, 0) is 49.9 Å². The van der Waals surface area contributed by atoms with E-state index in [1.807, 2.05) is 64.3 Å². The topological polar surface area (TPSA) is 81.7 Å². The maximum atomic E-state index is 13.7. The molecular weight excluding hydrogens is 432 g/mol. The molecule has 2 aromatic carbocycles. The lowest BCUT2D eigenvalue weighted by molar-refractivity contribution is -0.931. The molecule has 1 saturated carbocycles. The number of quaternary nitrogens is 1. The molecule has 1 N–H and O–H groups in total. The highest BCUT2D eigenvalue weighted by Gasteiger charge is 2.57. The number of anilines is 1. The van der Waals surface area contributed by atoms with E-state index < -0.39 is 11.5 Å². The fraction of sp³-hybridized carbons (Fsp3) is 0.444.